The van der Waals surface area contributed by atoms with Gasteiger partial charge in [-0.1, -0.05) is 0 Å². The first-order chi connectivity index (χ1) is 4.93. The van der Waals surface area contributed by atoms with E-state index in [9.17, 15) is 13.2 Å². The summed E-state index contributed by atoms with van der Waals surface area (Å²) in [5, 5.41) is 0. The first kappa shape index (κ1) is 7.40. The summed E-state index contributed by atoms with van der Waals surface area (Å²) in [6.07, 6.45) is -2.17. The molecule has 2 N–H and O–H groups in total. The maximum atomic E-state index is 12.0. The van der Waals surface area contributed by atoms with Crippen LogP contribution in [0.2, 0.25) is 0 Å². The predicted molar refractivity (Wildman–Crippen MR) is 33.8 cm³/mol. The normalized spacial score (nSPS) is 40.4. The first-order valence-electron chi connectivity index (χ1n) is 3.79. The van der Waals surface area contributed by atoms with E-state index in [1.165, 1.54) is 0 Å². The smallest absolute Gasteiger partial charge is 0.325 e. The molecule has 0 spiro atoms. The number of hydrogen-bond acceptors (Lipinski definition) is 1. The molecule has 2 aliphatic rings. The van der Waals surface area contributed by atoms with E-state index >= 15 is 0 Å². The van der Waals surface area contributed by atoms with Gasteiger partial charge >= 0.3 is 6.18 Å². The van der Waals surface area contributed by atoms with Crippen molar-refractivity contribution in [2.45, 2.75) is 31.0 Å². The second kappa shape index (κ2) is 1.73. The molecule has 0 aromatic rings. The lowest BCUT2D eigenvalue weighted by Gasteiger charge is -2.09. The van der Waals surface area contributed by atoms with Crippen molar-refractivity contribution in [3.63, 3.8) is 0 Å². The molecule has 2 unspecified atom stereocenters. The van der Waals surface area contributed by atoms with Crippen molar-refractivity contribution >= 4 is 0 Å². The molecule has 1 nitrogen and oxygen atoms in total. The highest BCUT2D eigenvalue weighted by Crippen LogP contribution is 2.61. The third-order valence-corrected chi connectivity index (χ3v) is 2.78. The van der Waals surface area contributed by atoms with Crippen molar-refractivity contribution in [1.82, 2.24) is 0 Å². The molecule has 64 valence electrons. The second-order valence-electron chi connectivity index (χ2n) is 3.72. The van der Waals surface area contributed by atoms with Gasteiger partial charge in [0.25, 0.3) is 0 Å². The van der Waals surface area contributed by atoms with Crippen molar-refractivity contribution in [2.24, 2.45) is 17.6 Å². The van der Waals surface area contributed by atoms with Gasteiger partial charge in [0.2, 0.25) is 0 Å². The predicted octanol–water partition coefficient (Wildman–Crippen LogP) is 1.68. The summed E-state index contributed by atoms with van der Waals surface area (Å²) >= 11 is 0. The molecule has 11 heavy (non-hydrogen) atoms. The summed E-state index contributed by atoms with van der Waals surface area (Å²) in [6.45, 7) is 0. The zero-order chi connectivity index (χ0) is 8.28. The second-order valence-corrected chi connectivity index (χ2v) is 3.72. The largest absolute Gasteiger partial charge is 0.392 e. The van der Waals surface area contributed by atoms with Gasteiger partial charge < -0.3 is 5.73 Å². The quantitative estimate of drug-likeness (QED) is 0.628. The fraction of sp³-hybridized carbons (Fsp3) is 1.00. The number of hydrogen-bond donors (Lipinski definition) is 1. The van der Waals surface area contributed by atoms with Gasteiger partial charge in [-0.15, -0.1) is 0 Å². The van der Waals surface area contributed by atoms with Crippen LogP contribution in [0.25, 0.3) is 0 Å². The average molecular weight is 165 g/mol. The minimum Gasteiger partial charge on any atom is -0.325 e. The lowest BCUT2D eigenvalue weighted by Crippen LogP contribution is -2.28. The van der Waals surface area contributed by atoms with E-state index in [4.69, 9.17) is 5.73 Å². The maximum absolute atomic E-state index is 12.0. The lowest BCUT2D eigenvalue weighted by atomic mass is 10.1. The fourth-order valence-corrected chi connectivity index (χ4v) is 1.71. The van der Waals surface area contributed by atoms with Crippen molar-refractivity contribution in [1.29, 1.82) is 0 Å². The summed E-state index contributed by atoms with van der Waals surface area (Å²) in [5.74, 6) is -1.35. The molecule has 2 fully saturated rings. The van der Waals surface area contributed by atoms with Crippen LogP contribution in [0.15, 0.2) is 0 Å². The van der Waals surface area contributed by atoms with Gasteiger partial charge in [-0.25, -0.2) is 0 Å². The van der Waals surface area contributed by atoms with Gasteiger partial charge in [0.1, 0.15) is 0 Å². The SMILES string of the molecule is NC1(C2CC2C(F)(F)F)CC1. The van der Waals surface area contributed by atoms with E-state index in [1.807, 2.05) is 0 Å². The molecule has 0 amide bonds. The van der Waals surface area contributed by atoms with Crippen LogP contribution in [0.3, 0.4) is 0 Å². The summed E-state index contributed by atoms with van der Waals surface area (Å²) in [5.41, 5.74) is 5.21. The Kier molecular flexibility index (Phi) is 1.17. The highest BCUT2D eigenvalue weighted by Gasteiger charge is 2.65. The molecular weight excluding hydrogens is 155 g/mol. The Hall–Kier alpha value is -0.250. The molecule has 2 aliphatic carbocycles. The number of alkyl halides is 3. The van der Waals surface area contributed by atoms with Crippen molar-refractivity contribution in [3.8, 4) is 0 Å². The van der Waals surface area contributed by atoms with Gasteiger partial charge in [0.05, 0.1) is 5.92 Å². The highest BCUT2D eigenvalue weighted by atomic mass is 19.4. The zero-order valence-corrected chi connectivity index (χ0v) is 5.99. The van der Waals surface area contributed by atoms with Crippen LogP contribution in [-0.4, -0.2) is 11.7 Å². The Morgan fingerprint density at radius 2 is 1.82 bits per heavy atom. The minimum atomic E-state index is -4.00. The number of halogens is 3. The molecule has 0 saturated heterocycles. The number of rotatable bonds is 1. The van der Waals surface area contributed by atoms with E-state index < -0.39 is 17.6 Å². The molecular formula is C7H10F3N. The third kappa shape index (κ3) is 1.13. The topological polar surface area (TPSA) is 26.0 Å². The van der Waals surface area contributed by atoms with Gasteiger partial charge in [-0.3, -0.25) is 0 Å². The van der Waals surface area contributed by atoms with Crippen molar-refractivity contribution < 1.29 is 13.2 Å². The first-order valence-corrected chi connectivity index (χ1v) is 3.79. The Labute approximate surface area is 62.8 Å². The third-order valence-electron chi connectivity index (χ3n) is 2.78. The number of nitrogens with two attached hydrogens (primary N) is 1. The molecule has 4 heteroatoms. The lowest BCUT2D eigenvalue weighted by molar-refractivity contribution is -0.151. The Balaban J connectivity index is 1.96. The fourth-order valence-electron chi connectivity index (χ4n) is 1.71. The molecule has 0 heterocycles. The van der Waals surface area contributed by atoms with Gasteiger partial charge in [-0.05, 0) is 25.2 Å². The Bertz CT molecular complexity index is 173. The van der Waals surface area contributed by atoms with Crippen molar-refractivity contribution in [2.75, 3.05) is 0 Å². The Morgan fingerprint density at radius 1 is 1.27 bits per heavy atom. The van der Waals surface area contributed by atoms with Crippen LogP contribution < -0.4 is 5.73 Å². The summed E-state index contributed by atoms with van der Waals surface area (Å²) < 4.78 is 36.0. The van der Waals surface area contributed by atoms with Crippen LogP contribution in [0.5, 0.6) is 0 Å². The summed E-state index contributed by atoms with van der Waals surface area (Å²) in [4.78, 5) is 0. The van der Waals surface area contributed by atoms with Gasteiger partial charge in [-0.2, -0.15) is 13.2 Å². The molecule has 0 bridgehead atoms. The zero-order valence-electron chi connectivity index (χ0n) is 5.99. The standard InChI is InChI=1S/C7H10F3N/c8-7(9,10)5-3-4(5)6(11)1-2-6/h4-5H,1-3,11H2. The summed E-state index contributed by atoms with van der Waals surface area (Å²) in [7, 11) is 0. The molecule has 0 aliphatic heterocycles. The van der Waals surface area contributed by atoms with Crippen LogP contribution in [-0.2, 0) is 0 Å². The van der Waals surface area contributed by atoms with E-state index in [0.29, 0.717) is 0 Å². The molecule has 0 aromatic carbocycles. The monoisotopic (exact) mass is 165 g/mol. The molecule has 2 atom stereocenters. The highest BCUT2D eigenvalue weighted by molar-refractivity contribution is 5.14. The minimum absolute atomic E-state index is 0.262. The van der Waals surface area contributed by atoms with E-state index in [-0.39, 0.29) is 12.3 Å². The molecule has 2 rings (SSSR count). The van der Waals surface area contributed by atoms with Crippen LogP contribution in [0, 0.1) is 11.8 Å². The maximum Gasteiger partial charge on any atom is 0.392 e. The van der Waals surface area contributed by atoms with E-state index in [0.717, 1.165) is 12.8 Å². The van der Waals surface area contributed by atoms with E-state index in [2.05, 4.69) is 0 Å². The Morgan fingerprint density at radius 3 is 2.09 bits per heavy atom. The van der Waals surface area contributed by atoms with Gasteiger partial charge in [0.15, 0.2) is 0 Å². The molecule has 2 saturated carbocycles. The van der Waals surface area contributed by atoms with Crippen LogP contribution >= 0.6 is 0 Å². The van der Waals surface area contributed by atoms with Gasteiger partial charge in [0, 0.05) is 5.54 Å². The summed E-state index contributed by atoms with van der Waals surface area (Å²) in [6, 6.07) is 0. The average Bonchev–Trinajstić information content (AvgIpc) is 2.49. The molecule has 0 aromatic heterocycles. The van der Waals surface area contributed by atoms with E-state index in [1.54, 1.807) is 0 Å². The van der Waals surface area contributed by atoms with Crippen molar-refractivity contribution in [3.05, 3.63) is 0 Å². The van der Waals surface area contributed by atoms with Crippen LogP contribution in [0.4, 0.5) is 13.2 Å². The van der Waals surface area contributed by atoms with Crippen LogP contribution in [0.1, 0.15) is 19.3 Å². The molecule has 0 radical (unpaired) electrons.